The number of ether oxygens (including phenoxy) is 1. The van der Waals surface area contributed by atoms with E-state index in [0.29, 0.717) is 6.61 Å². The molecule has 1 atom stereocenters. The zero-order valence-corrected chi connectivity index (χ0v) is 10.1. The van der Waals surface area contributed by atoms with Crippen LogP contribution in [-0.4, -0.2) is 6.61 Å². The molecule has 1 heterocycles. The molecular formula is C15H14FNO. The van der Waals surface area contributed by atoms with Crippen LogP contribution in [0.2, 0.25) is 0 Å². The van der Waals surface area contributed by atoms with Crippen molar-refractivity contribution in [2.45, 2.75) is 13.0 Å². The lowest BCUT2D eigenvalue weighted by Crippen LogP contribution is -2.24. The van der Waals surface area contributed by atoms with Crippen LogP contribution in [0, 0.1) is 12.7 Å². The summed E-state index contributed by atoms with van der Waals surface area (Å²) in [4.78, 5) is 0. The number of benzene rings is 2. The van der Waals surface area contributed by atoms with E-state index in [1.54, 1.807) is 12.1 Å². The quantitative estimate of drug-likeness (QED) is 0.825. The maximum absolute atomic E-state index is 13.2. The molecule has 0 unspecified atom stereocenters. The van der Waals surface area contributed by atoms with Crippen molar-refractivity contribution >= 4 is 5.69 Å². The monoisotopic (exact) mass is 243 g/mol. The Labute approximate surface area is 105 Å². The first kappa shape index (κ1) is 11.1. The summed E-state index contributed by atoms with van der Waals surface area (Å²) >= 11 is 0. The molecular weight excluding hydrogens is 229 g/mol. The molecule has 0 radical (unpaired) electrons. The first-order valence-electron chi connectivity index (χ1n) is 5.98. The number of aryl methyl sites for hydroxylation is 1. The van der Waals surface area contributed by atoms with Gasteiger partial charge in [-0.3, -0.25) is 0 Å². The fourth-order valence-electron chi connectivity index (χ4n) is 2.17. The molecule has 1 aliphatic heterocycles. The summed E-state index contributed by atoms with van der Waals surface area (Å²) in [6, 6.07) is 12.6. The van der Waals surface area contributed by atoms with E-state index in [9.17, 15) is 4.39 Å². The first-order chi connectivity index (χ1) is 8.72. The van der Waals surface area contributed by atoms with Crippen LogP contribution in [0.15, 0.2) is 42.5 Å². The zero-order chi connectivity index (χ0) is 12.5. The zero-order valence-electron chi connectivity index (χ0n) is 10.1. The minimum atomic E-state index is -0.219. The molecule has 0 saturated heterocycles. The van der Waals surface area contributed by atoms with Crippen molar-refractivity contribution in [1.29, 1.82) is 0 Å². The van der Waals surface area contributed by atoms with Crippen molar-refractivity contribution in [2.75, 3.05) is 11.9 Å². The van der Waals surface area contributed by atoms with E-state index < -0.39 is 0 Å². The highest BCUT2D eigenvalue weighted by Gasteiger charge is 2.20. The summed E-state index contributed by atoms with van der Waals surface area (Å²) in [5.74, 6) is 0.645. The highest BCUT2D eigenvalue weighted by molar-refractivity contribution is 5.60. The molecule has 0 fully saturated rings. The average Bonchev–Trinajstić information content (AvgIpc) is 2.38. The summed E-state index contributed by atoms with van der Waals surface area (Å²) in [5.41, 5.74) is 3.03. The lowest BCUT2D eigenvalue weighted by molar-refractivity contribution is 0.286. The highest BCUT2D eigenvalue weighted by Crippen LogP contribution is 2.34. The van der Waals surface area contributed by atoms with Gasteiger partial charge in [0, 0.05) is 0 Å². The summed E-state index contributed by atoms with van der Waals surface area (Å²) in [6.45, 7) is 2.54. The van der Waals surface area contributed by atoms with Crippen molar-refractivity contribution in [1.82, 2.24) is 0 Å². The molecule has 2 nitrogen and oxygen atoms in total. The SMILES string of the molecule is Cc1ccc2c(c1)OC[C@H](c1cccc(F)c1)N2. The standard InChI is InChI=1S/C15H14FNO/c1-10-5-6-13-15(7-10)18-9-14(17-13)11-3-2-4-12(16)8-11/h2-8,14,17H,9H2,1H3/t14-/m1/s1. The molecule has 1 aliphatic rings. The molecule has 2 aromatic rings. The van der Waals surface area contributed by atoms with E-state index >= 15 is 0 Å². The Bertz CT molecular complexity index is 582. The molecule has 18 heavy (non-hydrogen) atoms. The smallest absolute Gasteiger partial charge is 0.142 e. The molecule has 0 aliphatic carbocycles. The normalized spacial score (nSPS) is 17.6. The summed E-state index contributed by atoms with van der Waals surface area (Å²) in [7, 11) is 0. The van der Waals surface area contributed by atoms with Gasteiger partial charge >= 0.3 is 0 Å². The maximum atomic E-state index is 13.2. The van der Waals surface area contributed by atoms with Crippen molar-refractivity contribution in [3.8, 4) is 5.75 Å². The van der Waals surface area contributed by atoms with Crippen LogP contribution < -0.4 is 10.1 Å². The fourth-order valence-corrected chi connectivity index (χ4v) is 2.17. The molecule has 2 aromatic carbocycles. The van der Waals surface area contributed by atoms with E-state index in [-0.39, 0.29) is 11.9 Å². The van der Waals surface area contributed by atoms with E-state index in [4.69, 9.17) is 4.74 Å². The van der Waals surface area contributed by atoms with Crippen LogP contribution in [0.5, 0.6) is 5.75 Å². The second kappa shape index (κ2) is 4.33. The molecule has 0 bridgehead atoms. The summed E-state index contributed by atoms with van der Waals surface area (Å²) in [5, 5.41) is 3.38. The van der Waals surface area contributed by atoms with Gasteiger partial charge in [-0.25, -0.2) is 4.39 Å². The Kier molecular flexibility index (Phi) is 2.67. The minimum Gasteiger partial charge on any atom is -0.489 e. The van der Waals surface area contributed by atoms with E-state index in [0.717, 1.165) is 17.0 Å². The lowest BCUT2D eigenvalue weighted by Gasteiger charge is -2.28. The summed E-state index contributed by atoms with van der Waals surface area (Å²) < 4.78 is 18.9. The molecule has 0 amide bonds. The molecule has 0 aromatic heterocycles. The number of hydrogen-bond acceptors (Lipinski definition) is 2. The van der Waals surface area contributed by atoms with Crippen molar-refractivity contribution in [3.63, 3.8) is 0 Å². The van der Waals surface area contributed by atoms with Gasteiger partial charge in [0.15, 0.2) is 0 Å². The number of anilines is 1. The Balaban J connectivity index is 1.89. The third-order valence-electron chi connectivity index (χ3n) is 3.12. The van der Waals surface area contributed by atoms with Crippen molar-refractivity contribution in [2.24, 2.45) is 0 Å². The Hall–Kier alpha value is -2.03. The lowest BCUT2D eigenvalue weighted by atomic mass is 10.1. The largest absolute Gasteiger partial charge is 0.489 e. The topological polar surface area (TPSA) is 21.3 Å². The van der Waals surface area contributed by atoms with Gasteiger partial charge in [0.25, 0.3) is 0 Å². The van der Waals surface area contributed by atoms with Crippen LogP contribution in [-0.2, 0) is 0 Å². The van der Waals surface area contributed by atoms with Gasteiger partial charge < -0.3 is 10.1 Å². The van der Waals surface area contributed by atoms with Gasteiger partial charge in [-0.1, -0.05) is 18.2 Å². The Morgan fingerprint density at radius 3 is 2.94 bits per heavy atom. The second-order valence-electron chi connectivity index (χ2n) is 4.56. The molecule has 1 N–H and O–H groups in total. The molecule has 0 saturated carbocycles. The first-order valence-corrected chi connectivity index (χ1v) is 5.98. The average molecular weight is 243 g/mol. The van der Waals surface area contributed by atoms with Crippen molar-refractivity contribution < 1.29 is 9.13 Å². The highest BCUT2D eigenvalue weighted by atomic mass is 19.1. The molecule has 3 heteroatoms. The predicted octanol–water partition coefficient (Wildman–Crippen LogP) is 3.68. The van der Waals surface area contributed by atoms with E-state index in [1.807, 2.05) is 31.2 Å². The van der Waals surface area contributed by atoms with Gasteiger partial charge in [0.05, 0.1) is 11.7 Å². The van der Waals surface area contributed by atoms with Gasteiger partial charge in [-0.05, 0) is 42.3 Å². The van der Waals surface area contributed by atoms with Gasteiger partial charge in [0.1, 0.15) is 18.2 Å². The molecule has 3 rings (SSSR count). The molecule has 92 valence electrons. The maximum Gasteiger partial charge on any atom is 0.142 e. The van der Waals surface area contributed by atoms with Crippen LogP contribution >= 0.6 is 0 Å². The van der Waals surface area contributed by atoms with Crippen LogP contribution in [0.4, 0.5) is 10.1 Å². The van der Waals surface area contributed by atoms with Gasteiger partial charge in [-0.2, -0.15) is 0 Å². The fraction of sp³-hybridized carbons (Fsp3) is 0.200. The number of nitrogens with one attached hydrogen (secondary N) is 1. The van der Waals surface area contributed by atoms with Crippen LogP contribution in [0.1, 0.15) is 17.2 Å². The Morgan fingerprint density at radius 2 is 2.11 bits per heavy atom. The van der Waals surface area contributed by atoms with E-state index in [1.165, 1.54) is 11.6 Å². The number of rotatable bonds is 1. The number of hydrogen-bond donors (Lipinski definition) is 1. The molecule has 0 spiro atoms. The van der Waals surface area contributed by atoms with Gasteiger partial charge in [0.2, 0.25) is 0 Å². The third-order valence-corrected chi connectivity index (χ3v) is 3.12. The van der Waals surface area contributed by atoms with Crippen LogP contribution in [0.25, 0.3) is 0 Å². The summed E-state index contributed by atoms with van der Waals surface area (Å²) in [6.07, 6.45) is 0. The third kappa shape index (κ3) is 2.04. The number of halogens is 1. The predicted molar refractivity (Wildman–Crippen MR) is 69.4 cm³/mol. The van der Waals surface area contributed by atoms with Gasteiger partial charge in [-0.15, -0.1) is 0 Å². The van der Waals surface area contributed by atoms with Crippen molar-refractivity contribution in [3.05, 3.63) is 59.4 Å². The second-order valence-corrected chi connectivity index (χ2v) is 4.56. The number of fused-ring (bicyclic) bond motifs is 1. The Morgan fingerprint density at radius 1 is 1.22 bits per heavy atom. The van der Waals surface area contributed by atoms with Crippen LogP contribution in [0.3, 0.4) is 0 Å². The van der Waals surface area contributed by atoms with E-state index in [2.05, 4.69) is 5.32 Å². The minimum absolute atomic E-state index is 0.00379.